The summed E-state index contributed by atoms with van der Waals surface area (Å²) < 4.78 is 0.282. The van der Waals surface area contributed by atoms with E-state index in [1.807, 2.05) is 13.8 Å². The van der Waals surface area contributed by atoms with E-state index < -0.39 is 29.8 Å². The van der Waals surface area contributed by atoms with E-state index >= 15 is 0 Å². The van der Waals surface area contributed by atoms with E-state index in [0.29, 0.717) is 6.42 Å². The summed E-state index contributed by atoms with van der Waals surface area (Å²) >= 11 is 0. The van der Waals surface area contributed by atoms with Gasteiger partial charge in [0.25, 0.3) is 0 Å². The largest absolute Gasteiger partial charge is 0.481 e. The number of nitrogens with zero attached hydrogens (tertiary/aromatic N) is 1. The lowest BCUT2D eigenvalue weighted by Crippen LogP contribution is -2.59. The molecule has 0 saturated heterocycles. The number of rotatable bonds is 8. The normalized spacial score (nSPS) is 17.1. The maximum absolute atomic E-state index is 12.3. The van der Waals surface area contributed by atoms with Crippen LogP contribution in [0.5, 0.6) is 0 Å². The Morgan fingerprint density at radius 2 is 1.74 bits per heavy atom. The molecule has 0 aromatic carbocycles. The molecule has 0 rings (SSSR count). The molecular weight excluding hydrogens is 248 g/mol. The zero-order chi connectivity index (χ0) is 15.4. The minimum absolute atomic E-state index is 0.0178. The first kappa shape index (κ1) is 18.0. The molecule has 6 nitrogen and oxygen atoms in total. The van der Waals surface area contributed by atoms with Crippen molar-refractivity contribution in [2.45, 2.75) is 38.3 Å². The van der Waals surface area contributed by atoms with Crippen LogP contribution in [-0.2, 0) is 9.59 Å². The lowest BCUT2D eigenvalue weighted by molar-refractivity contribution is -0.875. The van der Waals surface area contributed by atoms with Gasteiger partial charge in [0, 0.05) is 0 Å². The Hall–Kier alpha value is -0.980. The average molecular weight is 275 g/mol. The Labute approximate surface area is 114 Å². The monoisotopic (exact) mass is 275 g/mol. The Morgan fingerprint density at radius 1 is 1.26 bits per heavy atom. The van der Waals surface area contributed by atoms with Crippen LogP contribution in [0.3, 0.4) is 0 Å². The van der Waals surface area contributed by atoms with E-state index in [0.717, 1.165) is 0 Å². The predicted molar refractivity (Wildman–Crippen MR) is 72.5 cm³/mol. The van der Waals surface area contributed by atoms with Crippen molar-refractivity contribution in [1.82, 2.24) is 0 Å². The van der Waals surface area contributed by atoms with E-state index in [2.05, 4.69) is 0 Å². The molecule has 112 valence electrons. The van der Waals surface area contributed by atoms with E-state index in [9.17, 15) is 14.7 Å². The third-order valence-electron chi connectivity index (χ3n) is 2.70. The van der Waals surface area contributed by atoms with E-state index in [4.69, 9.17) is 10.8 Å². The molecule has 0 aliphatic heterocycles. The lowest BCUT2D eigenvalue weighted by Gasteiger charge is -2.35. The summed E-state index contributed by atoms with van der Waals surface area (Å²) in [6.07, 6.45) is -0.189. The van der Waals surface area contributed by atoms with Crippen molar-refractivity contribution in [1.29, 1.82) is 0 Å². The van der Waals surface area contributed by atoms with Gasteiger partial charge in [-0.2, -0.15) is 0 Å². The molecule has 6 heteroatoms. The van der Waals surface area contributed by atoms with Crippen molar-refractivity contribution in [3.8, 4) is 0 Å². The number of hydrogen-bond acceptors (Lipinski definition) is 4. The number of carboxylic acid groups (broad SMARTS) is 1. The van der Waals surface area contributed by atoms with Crippen LogP contribution in [0.2, 0.25) is 0 Å². The van der Waals surface area contributed by atoms with Gasteiger partial charge in [-0.15, -0.1) is 0 Å². The van der Waals surface area contributed by atoms with Gasteiger partial charge in [-0.3, -0.25) is 9.59 Å². The molecule has 0 aromatic heterocycles. The summed E-state index contributed by atoms with van der Waals surface area (Å²) in [6.45, 7) is 3.86. The van der Waals surface area contributed by atoms with Gasteiger partial charge in [-0.25, -0.2) is 0 Å². The van der Waals surface area contributed by atoms with Gasteiger partial charge in [0.2, 0.25) is 0 Å². The molecular formula is C13H27N2O4+. The van der Waals surface area contributed by atoms with Crippen LogP contribution in [0.4, 0.5) is 0 Å². The number of aliphatic carboxylic acids is 1. The average Bonchev–Trinajstić information content (AvgIpc) is 2.10. The summed E-state index contributed by atoms with van der Waals surface area (Å²) in [4.78, 5) is 23.2. The molecule has 0 aliphatic carbocycles. The molecule has 19 heavy (non-hydrogen) atoms. The van der Waals surface area contributed by atoms with Crippen molar-refractivity contribution in [3.63, 3.8) is 0 Å². The van der Waals surface area contributed by atoms with Gasteiger partial charge in [0.05, 0.1) is 33.6 Å². The number of nitrogens with two attached hydrogens (primary N) is 1. The lowest BCUT2D eigenvalue weighted by atomic mass is 9.86. The fourth-order valence-corrected chi connectivity index (χ4v) is 2.22. The second kappa shape index (κ2) is 6.45. The molecule has 0 bridgehead atoms. The highest BCUT2D eigenvalue weighted by atomic mass is 16.4. The van der Waals surface area contributed by atoms with Crippen LogP contribution in [0.1, 0.15) is 26.7 Å². The minimum atomic E-state index is -1.92. The zero-order valence-electron chi connectivity index (χ0n) is 12.5. The maximum Gasteiger partial charge on any atom is 0.306 e. The van der Waals surface area contributed by atoms with Crippen molar-refractivity contribution in [2.24, 2.45) is 11.7 Å². The number of carbonyl (C=O) groups is 2. The summed E-state index contributed by atoms with van der Waals surface area (Å²) in [7, 11) is 5.36. The minimum Gasteiger partial charge on any atom is -0.481 e. The SMILES string of the molecule is CC(C)C[C@H](N)C(=O)[C@@](O)(CC(=O)O)C[N+](C)(C)C. The van der Waals surface area contributed by atoms with E-state index in [1.165, 1.54) is 0 Å². The Bertz CT molecular complexity index is 336. The topological polar surface area (TPSA) is 101 Å². The van der Waals surface area contributed by atoms with Crippen LogP contribution in [0, 0.1) is 5.92 Å². The molecule has 0 aliphatic rings. The molecule has 0 spiro atoms. The van der Waals surface area contributed by atoms with Crippen LogP contribution in [-0.4, -0.2) is 65.8 Å². The highest BCUT2D eigenvalue weighted by molar-refractivity contribution is 5.94. The van der Waals surface area contributed by atoms with Crippen LogP contribution in [0.25, 0.3) is 0 Å². The Morgan fingerprint density at radius 3 is 2.05 bits per heavy atom. The van der Waals surface area contributed by atoms with Gasteiger partial charge in [0.1, 0.15) is 6.54 Å². The highest BCUT2D eigenvalue weighted by Gasteiger charge is 2.45. The number of aliphatic hydroxyl groups is 1. The number of likely N-dealkylation sites (N-methyl/N-ethyl adjacent to an activating group) is 1. The second-order valence-corrected chi connectivity index (χ2v) is 6.65. The molecule has 2 atom stereocenters. The fraction of sp³-hybridized carbons (Fsp3) is 0.846. The van der Waals surface area contributed by atoms with Gasteiger partial charge < -0.3 is 20.4 Å². The summed E-state index contributed by atoms with van der Waals surface area (Å²) in [5.41, 5.74) is 3.87. The maximum atomic E-state index is 12.3. The Balaban J connectivity index is 5.12. The molecule has 0 unspecified atom stereocenters. The van der Waals surface area contributed by atoms with Crippen molar-refractivity contribution < 1.29 is 24.3 Å². The van der Waals surface area contributed by atoms with Crippen LogP contribution >= 0.6 is 0 Å². The quantitative estimate of drug-likeness (QED) is 0.534. The summed E-state index contributed by atoms with van der Waals surface area (Å²) in [6, 6.07) is -0.837. The van der Waals surface area contributed by atoms with Gasteiger partial charge in [0.15, 0.2) is 11.4 Å². The van der Waals surface area contributed by atoms with Crippen molar-refractivity contribution in [2.75, 3.05) is 27.7 Å². The number of hydrogen-bond donors (Lipinski definition) is 3. The first-order chi connectivity index (χ1) is 8.37. The zero-order valence-corrected chi connectivity index (χ0v) is 12.5. The van der Waals surface area contributed by atoms with Crippen LogP contribution < -0.4 is 5.73 Å². The summed E-state index contributed by atoms with van der Waals surface area (Å²) in [5, 5.41) is 19.3. The molecule has 0 heterocycles. The van der Waals surface area contributed by atoms with Gasteiger partial charge in [-0.1, -0.05) is 13.8 Å². The number of Topliss-reactive ketones (excluding diaryl/α,β-unsaturated/α-hetero) is 1. The summed E-state index contributed by atoms with van der Waals surface area (Å²) in [5.74, 6) is -1.59. The van der Waals surface area contributed by atoms with Gasteiger partial charge >= 0.3 is 5.97 Å². The third kappa shape index (κ3) is 6.66. The van der Waals surface area contributed by atoms with Gasteiger partial charge in [-0.05, 0) is 12.3 Å². The molecule has 0 fully saturated rings. The second-order valence-electron chi connectivity index (χ2n) is 6.65. The predicted octanol–water partition coefficient (Wildman–Crippen LogP) is -0.159. The van der Waals surface area contributed by atoms with Crippen LogP contribution in [0.15, 0.2) is 0 Å². The van der Waals surface area contributed by atoms with Crippen molar-refractivity contribution >= 4 is 11.8 Å². The van der Waals surface area contributed by atoms with E-state index in [1.54, 1.807) is 21.1 Å². The number of carbonyl (C=O) groups excluding carboxylic acids is 1. The highest BCUT2D eigenvalue weighted by Crippen LogP contribution is 2.19. The number of ketones is 1. The van der Waals surface area contributed by atoms with Crippen molar-refractivity contribution in [3.05, 3.63) is 0 Å². The molecule has 4 N–H and O–H groups in total. The molecule has 0 radical (unpaired) electrons. The first-order valence-electron chi connectivity index (χ1n) is 6.42. The molecule has 0 saturated carbocycles. The molecule has 0 amide bonds. The molecule has 0 aromatic rings. The number of carboxylic acids is 1. The first-order valence-corrected chi connectivity index (χ1v) is 6.42. The fourth-order valence-electron chi connectivity index (χ4n) is 2.22. The standard InChI is InChI=1S/C13H26N2O4/c1-9(2)6-10(14)12(18)13(19,7-11(16)17)8-15(3,4)5/h9-10,19H,6-8,14H2,1-5H3/p+1/t10-,13+/m0/s1. The smallest absolute Gasteiger partial charge is 0.306 e. The number of quaternary nitrogens is 1. The Kier molecular flexibility index (Phi) is 6.12. The third-order valence-corrected chi connectivity index (χ3v) is 2.70. The van der Waals surface area contributed by atoms with E-state index in [-0.39, 0.29) is 16.9 Å².